The van der Waals surface area contributed by atoms with Crippen LogP contribution in [0.25, 0.3) is 5.65 Å². The van der Waals surface area contributed by atoms with Crippen molar-refractivity contribution in [1.82, 2.24) is 14.6 Å². The van der Waals surface area contributed by atoms with Crippen LogP contribution < -0.4 is 4.90 Å². The predicted octanol–water partition coefficient (Wildman–Crippen LogP) is 2.92. The zero-order valence-electron chi connectivity index (χ0n) is 11.9. The van der Waals surface area contributed by atoms with Gasteiger partial charge in [-0.05, 0) is 36.6 Å². The molecule has 3 aromatic rings. The summed E-state index contributed by atoms with van der Waals surface area (Å²) < 4.78 is 15.3. The Balaban J connectivity index is 1.73. The fourth-order valence-electron chi connectivity index (χ4n) is 3.14. The Morgan fingerprint density at radius 2 is 2.14 bits per heavy atom. The number of rotatable bonds is 2. The highest BCUT2D eigenvalue weighted by Gasteiger charge is 2.28. The van der Waals surface area contributed by atoms with Crippen LogP contribution in [0.15, 0.2) is 42.7 Å². The summed E-state index contributed by atoms with van der Waals surface area (Å²) >= 11 is 0. The zero-order valence-corrected chi connectivity index (χ0v) is 11.9. The molecule has 4 rings (SSSR count). The van der Waals surface area contributed by atoms with Gasteiger partial charge in [0.2, 0.25) is 0 Å². The van der Waals surface area contributed by atoms with Crippen LogP contribution >= 0.6 is 0 Å². The Morgan fingerprint density at radius 1 is 1.23 bits per heavy atom. The molecule has 1 aliphatic rings. The number of phenolic OH excluding ortho intramolecular Hbond substituents is 1. The molecule has 1 aliphatic heterocycles. The lowest BCUT2D eigenvalue weighted by Gasteiger charge is -2.26. The third-order valence-electron chi connectivity index (χ3n) is 4.08. The Labute approximate surface area is 126 Å². The number of hydrogen-bond donors (Lipinski definition) is 1. The second-order valence-electron chi connectivity index (χ2n) is 5.51. The molecule has 1 fully saturated rings. The van der Waals surface area contributed by atoms with Gasteiger partial charge in [0.1, 0.15) is 17.4 Å². The van der Waals surface area contributed by atoms with E-state index in [0.717, 1.165) is 42.5 Å². The van der Waals surface area contributed by atoms with E-state index in [1.165, 1.54) is 6.07 Å². The molecule has 6 heteroatoms. The number of phenols is 1. The molecule has 0 aliphatic carbocycles. The van der Waals surface area contributed by atoms with E-state index >= 15 is 0 Å². The van der Waals surface area contributed by atoms with E-state index in [-0.39, 0.29) is 11.8 Å². The highest BCUT2D eigenvalue weighted by atomic mass is 19.1. The summed E-state index contributed by atoms with van der Waals surface area (Å²) in [4.78, 5) is 6.76. The maximum Gasteiger partial charge on any atom is 0.157 e. The molecule has 3 heterocycles. The lowest BCUT2D eigenvalue weighted by molar-refractivity contribution is 0.466. The quantitative estimate of drug-likeness (QED) is 0.790. The van der Waals surface area contributed by atoms with E-state index in [4.69, 9.17) is 0 Å². The molecular formula is C16H15FN4O. The van der Waals surface area contributed by atoms with Gasteiger partial charge in [-0.2, -0.15) is 5.10 Å². The minimum absolute atomic E-state index is 0.0273. The summed E-state index contributed by atoms with van der Waals surface area (Å²) in [5.74, 6) is 0.390. The van der Waals surface area contributed by atoms with E-state index in [2.05, 4.69) is 15.0 Å². The average Bonchev–Trinajstić information content (AvgIpc) is 3.14. The summed E-state index contributed by atoms with van der Waals surface area (Å²) in [6.07, 6.45) is 5.50. The topological polar surface area (TPSA) is 53.7 Å². The van der Waals surface area contributed by atoms with Gasteiger partial charge in [0.15, 0.2) is 5.65 Å². The number of aromatic nitrogens is 3. The number of aromatic hydroxyl groups is 1. The Hall–Kier alpha value is -2.63. The van der Waals surface area contributed by atoms with Crippen molar-refractivity contribution in [2.75, 3.05) is 11.4 Å². The van der Waals surface area contributed by atoms with E-state index in [1.54, 1.807) is 16.8 Å². The largest absolute Gasteiger partial charge is 0.508 e. The number of anilines is 1. The molecule has 1 atom stereocenters. The molecular weight excluding hydrogens is 283 g/mol. The first-order valence-corrected chi connectivity index (χ1v) is 7.27. The first kappa shape index (κ1) is 13.1. The van der Waals surface area contributed by atoms with E-state index in [9.17, 15) is 9.50 Å². The maximum atomic E-state index is 13.6. The van der Waals surface area contributed by atoms with Crippen molar-refractivity contribution in [3.05, 3.63) is 54.1 Å². The standard InChI is InChI=1S/C16H15FN4O/c17-12-8-11(9-13(22)10-12)14-2-1-6-20(14)15-4-7-21-16(19-15)3-5-18-21/h3-5,7-10,14,22H,1-2,6H2/t14-/m1/s1. The third-order valence-corrected chi connectivity index (χ3v) is 4.08. The summed E-state index contributed by atoms with van der Waals surface area (Å²) in [7, 11) is 0. The number of hydrogen-bond acceptors (Lipinski definition) is 4. The third kappa shape index (κ3) is 2.16. The second kappa shape index (κ2) is 4.98. The van der Waals surface area contributed by atoms with Gasteiger partial charge in [0.05, 0.1) is 12.2 Å². The van der Waals surface area contributed by atoms with E-state index in [0.29, 0.717) is 0 Å². The van der Waals surface area contributed by atoms with Gasteiger partial charge in [-0.15, -0.1) is 0 Å². The molecule has 112 valence electrons. The van der Waals surface area contributed by atoms with Gasteiger partial charge in [0.25, 0.3) is 0 Å². The van der Waals surface area contributed by atoms with Crippen LogP contribution in [-0.2, 0) is 0 Å². The second-order valence-corrected chi connectivity index (χ2v) is 5.51. The number of fused-ring (bicyclic) bond motifs is 1. The van der Waals surface area contributed by atoms with Crippen molar-refractivity contribution in [2.45, 2.75) is 18.9 Å². The monoisotopic (exact) mass is 298 g/mol. The van der Waals surface area contributed by atoms with Crippen molar-refractivity contribution in [3.8, 4) is 5.75 Å². The van der Waals surface area contributed by atoms with Crippen molar-refractivity contribution in [2.24, 2.45) is 0 Å². The highest BCUT2D eigenvalue weighted by Crippen LogP contribution is 2.36. The van der Waals surface area contributed by atoms with Gasteiger partial charge >= 0.3 is 0 Å². The van der Waals surface area contributed by atoms with Gasteiger partial charge in [0, 0.05) is 24.9 Å². The van der Waals surface area contributed by atoms with Crippen LogP contribution in [0.1, 0.15) is 24.4 Å². The summed E-state index contributed by atoms with van der Waals surface area (Å²) in [5, 5.41) is 13.8. The minimum Gasteiger partial charge on any atom is -0.508 e. The Bertz CT molecular complexity index is 812. The highest BCUT2D eigenvalue weighted by molar-refractivity contribution is 5.50. The van der Waals surface area contributed by atoms with E-state index in [1.807, 2.05) is 18.3 Å². The Kier molecular flexibility index (Phi) is 2.96. The summed E-state index contributed by atoms with van der Waals surface area (Å²) in [6.45, 7) is 0.860. The number of benzene rings is 1. The SMILES string of the molecule is Oc1cc(F)cc([C@H]2CCCN2c2ccn3nccc3n2)c1. The first-order chi connectivity index (χ1) is 10.7. The molecule has 0 unspecified atom stereocenters. The molecule has 1 aromatic carbocycles. The number of nitrogens with zero attached hydrogens (tertiary/aromatic N) is 4. The van der Waals surface area contributed by atoms with Crippen LogP contribution in [-0.4, -0.2) is 26.2 Å². The Morgan fingerprint density at radius 3 is 3.00 bits per heavy atom. The van der Waals surface area contributed by atoms with Crippen LogP contribution in [0.2, 0.25) is 0 Å². The number of halogens is 1. The fraction of sp³-hybridized carbons (Fsp3) is 0.250. The van der Waals surface area contributed by atoms with Crippen LogP contribution in [0.5, 0.6) is 5.75 Å². The van der Waals surface area contributed by atoms with Crippen LogP contribution in [0.3, 0.4) is 0 Å². The van der Waals surface area contributed by atoms with Crippen LogP contribution in [0.4, 0.5) is 10.2 Å². The molecule has 0 radical (unpaired) electrons. The van der Waals surface area contributed by atoms with Crippen molar-refractivity contribution in [1.29, 1.82) is 0 Å². The smallest absolute Gasteiger partial charge is 0.157 e. The fourth-order valence-corrected chi connectivity index (χ4v) is 3.14. The molecule has 1 N–H and O–H groups in total. The molecule has 0 saturated carbocycles. The van der Waals surface area contributed by atoms with Gasteiger partial charge in [-0.3, -0.25) is 0 Å². The lowest BCUT2D eigenvalue weighted by atomic mass is 10.0. The average molecular weight is 298 g/mol. The maximum absolute atomic E-state index is 13.6. The van der Waals surface area contributed by atoms with Crippen LogP contribution in [0, 0.1) is 5.82 Å². The predicted molar refractivity (Wildman–Crippen MR) is 80.4 cm³/mol. The molecule has 2 aromatic heterocycles. The minimum atomic E-state index is -0.416. The lowest BCUT2D eigenvalue weighted by Crippen LogP contribution is -2.23. The summed E-state index contributed by atoms with van der Waals surface area (Å²) in [5.41, 5.74) is 1.57. The molecule has 22 heavy (non-hydrogen) atoms. The van der Waals surface area contributed by atoms with Crippen molar-refractivity contribution < 1.29 is 9.50 Å². The molecule has 1 saturated heterocycles. The van der Waals surface area contributed by atoms with Gasteiger partial charge in [-0.1, -0.05) is 0 Å². The van der Waals surface area contributed by atoms with Crippen molar-refractivity contribution in [3.63, 3.8) is 0 Å². The molecule has 0 bridgehead atoms. The van der Waals surface area contributed by atoms with Gasteiger partial charge in [-0.25, -0.2) is 13.9 Å². The molecule has 0 spiro atoms. The molecule has 0 amide bonds. The van der Waals surface area contributed by atoms with E-state index < -0.39 is 5.82 Å². The summed E-state index contributed by atoms with van der Waals surface area (Å²) in [6, 6.07) is 8.03. The zero-order chi connectivity index (χ0) is 15.1. The molecule has 5 nitrogen and oxygen atoms in total. The van der Waals surface area contributed by atoms with Gasteiger partial charge < -0.3 is 10.0 Å². The first-order valence-electron chi connectivity index (χ1n) is 7.27. The van der Waals surface area contributed by atoms with Crippen molar-refractivity contribution >= 4 is 11.5 Å². The normalized spacial score (nSPS) is 18.2.